The Labute approximate surface area is 238 Å². The van der Waals surface area contributed by atoms with E-state index in [0.29, 0.717) is 5.56 Å². The van der Waals surface area contributed by atoms with Crippen molar-refractivity contribution in [2.45, 2.75) is 5.03 Å². The Bertz CT molecular complexity index is 1870. The number of benzene rings is 3. The van der Waals surface area contributed by atoms with Crippen LogP contribution in [0.15, 0.2) is 100 Å². The molecule has 41 heavy (non-hydrogen) atoms. The molecule has 0 unspecified atom stereocenters. The number of nitro groups is 1. The molecule has 0 saturated carbocycles. The first-order valence-electron chi connectivity index (χ1n) is 12.2. The van der Waals surface area contributed by atoms with Gasteiger partial charge in [0.25, 0.3) is 5.69 Å². The number of Topliss-reactive ketones (excluding diaryl/α,β-unsaturated/α-hetero) is 1. The molecule has 2 heterocycles. The summed E-state index contributed by atoms with van der Waals surface area (Å²) in [6.45, 7) is 0. The average molecular weight is 558 g/mol. The molecule has 0 spiro atoms. The number of carbonyl (C=O) groups excluding carboxylic acids is 1. The van der Waals surface area contributed by atoms with Gasteiger partial charge in [0, 0.05) is 11.6 Å². The molecule has 2 N–H and O–H groups in total. The summed E-state index contributed by atoms with van der Waals surface area (Å²) >= 11 is 1.02. The number of thioether (sulfide) groups is 1. The van der Waals surface area contributed by atoms with E-state index >= 15 is 0 Å². The number of nitrogens with two attached hydrogens (primary N) is 1. The number of carbonyl (C=O) groups is 1. The number of anilines is 1. The minimum absolute atomic E-state index is 0.0106. The third-order valence-electron chi connectivity index (χ3n) is 6.29. The number of para-hydroxylation sites is 1. The smallest absolute Gasteiger partial charge is 0.280 e. The van der Waals surface area contributed by atoms with Gasteiger partial charge in [-0.1, -0.05) is 78.5 Å². The quantitative estimate of drug-likeness (QED) is 0.0927. The molecular weight excluding hydrogens is 538 g/mol. The first-order valence-corrected chi connectivity index (χ1v) is 13.2. The summed E-state index contributed by atoms with van der Waals surface area (Å²) in [6, 6.07) is 30.1. The van der Waals surface area contributed by atoms with E-state index in [-0.39, 0.29) is 61.8 Å². The number of pyridine rings is 1. The molecule has 0 aliphatic rings. The highest BCUT2D eigenvalue weighted by Gasteiger charge is 2.25. The van der Waals surface area contributed by atoms with Gasteiger partial charge in [0.15, 0.2) is 5.78 Å². The van der Waals surface area contributed by atoms with Crippen LogP contribution in [0, 0.1) is 32.8 Å². The number of nitrogens with zero attached hydrogens (tertiary/aromatic N) is 4. The number of ketones is 1. The van der Waals surface area contributed by atoms with E-state index in [9.17, 15) is 25.4 Å². The average Bonchev–Trinajstić information content (AvgIpc) is 3.50. The largest absolute Gasteiger partial charge is 0.456 e. The van der Waals surface area contributed by atoms with Gasteiger partial charge < -0.3 is 10.2 Å². The van der Waals surface area contributed by atoms with Crippen molar-refractivity contribution in [3.8, 4) is 45.9 Å². The highest BCUT2D eigenvalue weighted by atomic mass is 32.2. The van der Waals surface area contributed by atoms with Gasteiger partial charge in [-0.2, -0.15) is 10.5 Å². The van der Waals surface area contributed by atoms with Gasteiger partial charge in [-0.15, -0.1) is 0 Å². The second-order valence-corrected chi connectivity index (χ2v) is 9.71. The fraction of sp³-hybridized carbons (Fsp3) is 0.0323. The second-order valence-electron chi connectivity index (χ2n) is 8.74. The molecule has 0 fully saturated rings. The Morgan fingerprint density at radius 2 is 1.51 bits per heavy atom. The molecule has 0 aliphatic carbocycles. The fourth-order valence-corrected chi connectivity index (χ4v) is 5.19. The lowest BCUT2D eigenvalue weighted by Crippen LogP contribution is -2.06. The topological polar surface area (TPSA) is 160 Å². The Morgan fingerprint density at radius 3 is 2.20 bits per heavy atom. The lowest BCUT2D eigenvalue weighted by Gasteiger charge is -2.11. The molecule has 3 aromatic carbocycles. The zero-order valence-electron chi connectivity index (χ0n) is 21.3. The van der Waals surface area contributed by atoms with Crippen molar-refractivity contribution in [1.29, 1.82) is 10.5 Å². The van der Waals surface area contributed by atoms with Crippen LogP contribution in [0.25, 0.3) is 33.8 Å². The lowest BCUT2D eigenvalue weighted by molar-refractivity contribution is -0.384. The van der Waals surface area contributed by atoms with Gasteiger partial charge in [0.2, 0.25) is 0 Å². The number of hydrogen-bond donors (Lipinski definition) is 1. The maximum absolute atomic E-state index is 13.0. The van der Waals surface area contributed by atoms with E-state index in [0.717, 1.165) is 22.9 Å². The van der Waals surface area contributed by atoms with Crippen LogP contribution in [0.1, 0.15) is 21.5 Å². The Morgan fingerprint density at radius 1 is 0.878 bits per heavy atom. The highest BCUT2D eigenvalue weighted by molar-refractivity contribution is 8.00. The van der Waals surface area contributed by atoms with Crippen molar-refractivity contribution in [2.24, 2.45) is 0 Å². The van der Waals surface area contributed by atoms with Crippen LogP contribution >= 0.6 is 11.8 Å². The van der Waals surface area contributed by atoms with E-state index in [2.05, 4.69) is 11.1 Å². The summed E-state index contributed by atoms with van der Waals surface area (Å²) in [4.78, 5) is 28.2. The van der Waals surface area contributed by atoms with E-state index in [1.165, 1.54) is 24.3 Å². The highest BCUT2D eigenvalue weighted by Crippen LogP contribution is 2.39. The van der Waals surface area contributed by atoms with Crippen LogP contribution in [0.5, 0.6) is 0 Å². The van der Waals surface area contributed by atoms with Gasteiger partial charge in [0.05, 0.1) is 27.4 Å². The molecule has 0 amide bonds. The van der Waals surface area contributed by atoms with Crippen molar-refractivity contribution in [3.63, 3.8) is 0 Å². The molecule has 2 aromatic heterocycles. The van der Waals surface area contributed by atoms with Crippen molar-refractivity contribution in [1.82, 2.24) is 4.98 Å². The van der Waals surface area contributed by atoms with Crippen LogP contribution in [-0.4, -0.2) is 21.4 Å². The van der Waals surface area contributed by atoms with Crippen molar-refractivity contribution in [2.75, 3.05) is 11.5 Å². The van der Waals surface area contributed by atoms with Gasteiger partial charge in [-0.25, -0.2) is 4.98 Å². The summed E-state index contributed by atoms with van der Waals surface area (Å²) in [5.41, 5.74) is 8.73. The zero-order chi connectivity index (χ0) is 28.9. The van der Waals surface area contributed by atoms with Gasteiger partial charge in [0.1, 0.15) is 40.1 Å². The molecule has 0 aliphatic heterocycles. The molecule has 198 valence electrons. The first-order chi connectivity index (χ1) is 19.9. The summed E-state index contributed by atoms with van der Waals surface area (Å²) in [7, 11) is 0. The van der Waals surface area contributed by atoms with Crippen molar-refractivity contribution >= 4 is 29.1 Å². The van der Waals surface area contributed by atoms with E-state index in [1.54, 1.807) is 24.3 Å². The molecule has 0 radical (unpaired) electrons. The van der Waals surface area contributed by atoms with Crippen LogP contribution in [-0.2, 0) is 0 Å². The number of rotatable bonds is 8. The Kier molecular flexibility index (Phi) is 7.59. The number of aromatic nitrogens is 1. The maximum atomic E-state index is 13.0. The monoisotopic (exact) mass is 557 g/mol. The molecular formula is C31H19N5O4S. The summed E-state index contributed by atoms with van der Waals surface area (Å²) < 4.78 is 5.92. The number of nitro benzene ring substituents is 1. The summed E-state index contributed by atoms with van der Waals surface area (Å²) in [6.07, 6.45) is 0. The number of hydrogen-bond acceptors (Lipinski definition) is 9. The summed E-state index contributed by atoms with van der Waals surface area (Å²) in [5, 5.41) is 31.5. The predicted octanol–water partition coefficient (Wildman–Crippen LogP) is 6.88. The molecule has 5 aromatic rings. The third kappa shape index (κ3) is 5.41. The Hall–Kier alpha value is -5.71. The van der Waals surface area contributed by atoms with Crippen LogP contribution in [0.2, 0.25) is 0 Å². The van der Waals surface area contributed by atoms with Crippen LogP contribution < -0.4 is 5.73 Å². The fourth-order valence-electron chi connectivity index (χ4n) is 4.30. The Balaban J connectivity index is 1.45. The molecule has 0 bridgehead atoms. The van der Waals surface area contributed by atoms with E-state index in [1.807, 2.05) is 48.5 Å². The molecule has 5 rings (SSSR count). The van der Waals surface area contributed by atoms with Gasteiger partial charge in [-0.05, 0) is 29.3 Å². The zero-order valence-corrected chi connectivity index (χ0v) is 22.1. The predicted molar refractivity (Wildman–Crippen MR) is 155 cm³/mol. The number of furan rings is 1. The maximum Gasteiger partial charge on any atom is 0.280 e. The van der Waals surface area contributed by atoms with Crippen molar-refractivity contribution in [3.05, 3.63) is 118 Å². The van der Waals surface area contributed by atoms with E-state index in [4.69, 9.17) is 10.2 Å². The van der Waals surface area contributed by atoms with Crippen LogP contribution in [0.4, 0.5) is 11.5 Å². The van der Waals surface area contributed by atoms with Gasteiger partial charge >= 0.3 is 0 Å². The standard InChI is InChI=1S/C31H19N5O4S/c32-16-23-29(28-15-14-27(40-28)22-8-4-5-9-25(22)36(38)39)24(17-33)31(35-30(23)34)41-18-26(37)21-12-10-20(11-13-21)19-6-2-1-3-7-19/h1-15H,18H2,(H2,34,35). The number of nitrogen functional groups attached to an aromatic ring is 1. The number of nitriles is 2. The summed E-state index contributed by atoms with van der Waals surface area (Å²) in [5.74, 6) is -0.0471. The molecule has 0 atom stereocenters. The second kappa shape index (κ2) is 11.6. The first kappa shape index (κ1) is 26.9. The van der Waals surface area contributed by atoms with E-state index < -0.39 is 4.92 Å². The van der Waals surface area contributed by atoms with Gasteiger partial charge in [-0.3, -0.25) is 14.9 Å². The normalized spacial score (nSPS) is 10.5. The molecule has 0 saturated heterocycles. The van der Waals surface area contributed by atoms with Crippen LogP contribution in [0.3, 0.4) is 0 Å². The van der Waals surface area contributed by atoms with Crippen molar-refractivity contribution < 1.29 is 14.1 Å². The minimum Gasteiger partial charge on any atom is -0.456 e. The minimum atomic E-state index is -0.523. The molecule has 9 nitrogen and oxygen atoms in total. The molecule has 10 heteroatoms. The lowest BCUT2D eigenvalue weighted by atomic mass is 10.0. The SMILES string of the molecule is N#Cc1c(N)nc(SCC(=O)c2ccc(-c3ccccc3)cc2)c(C#N)c1-c1ccc(-c2ccccc2[N+](=O)[O-])o1. The third-order valence-corrected chi connectivity index (χ3v) is 7.26.